The number of H-pyrrole nitrogens is 1. The zero-order valence-corrected chi connectivity index (χ0v) is 7.52. The Bertz CT molecular complexity index is 260. The molecule has 5 heteroatoms. The van der Waals surface area contributed by atoms with Gasteiger partial charge in [-0.05, 0) is 6.92 Å². The fraction of sp³-hybridized carbons (Fsp3) is 0.286. The predicted molar refractivity (Wildman–Crippen MR) is 39.3 cm³/mol. The number of quaternary nitrogens is 1. The third kappa shape index (κ3) is 2.25. The van der Waals surface area contributed by atoms with Crippen LogP contribution in [-0.4, -0.2) is 17.6 Å². The number of nitrogens with one attached hydrogen (secondary N) is 1. The van der Waals surface area contributed by atoms with E-state index < -0.39 is 0 Å². The van der Waals surface area contributed by atoms with Crippen LogP contribution in [0, 0.1) is 0 Å². The van der Waals surface area contributed by atoms with Gasteiger partial charge in [-0.2, -0.15) is 0 Å². The summed E-state index contributed by atoms with van der Waals surface area (Å²) in [6, 6.07) is 1.73. The van der Waals surface area contributed by atoms with Crippen LogP contribution in [0.4, 0.5) is 5.69 Å². The highest BCUT2D eigenvalue weighted by Crippen LogP contribution is 2.06. The fourth-order valence-corrected chi connectivity index (χ4v) is 0.795. The molecule has 0 bridgehead atoms. The van der Waals surface area contributed by atoms with Crippen LogP contribution in [0.5, 0.6) is 0 Å². The number of hydrogen-bond acceptors (Lipinski definition) is 2. The summed E-state index contributed by atoms with van der Waals surface area (Å²) in [5.74, 6) is -0.345. The van der Waals surface area contributed by atoms with Gasteiger partial charge in [0.2, 0.25) is 0 Å². The smallest absolute Gasteiger partial charge is 0.360 e. The summed E-state index contributed by atoms with van der Waals surface area (Å²) >= 11 is 0. The molecule has 0 aliphatic rings. The Morgan fingerprint density at radius 2 is 2.42 bits per heavy atom. The van der Waals surface area contributed by atoms with Gasteiger partial charge in [-0.1, -0.05) is 0 Å². The third-order valence-electron chi connectivity index (χ3n) is 1.31. The van der Waals surface area contributed by atoms with E-state index in [1.165, 1.54) is 0 Å². The third-order valence-corrected chi connectivity index (χ3v) is 1.31. The zero-order chi connectivity index (χ0) is 8.27. The number of aromatic nitrogens is 1. The predicted octanol–water partition coefficient (Wildman–Crippen LogP) is -2.93. The van der Waals surface area contributed by atoms with E-state index >= 15 is 0 Å². The van der Waals surface area contributed by atoms with E-state index in [4.69, 9.17) is 4.74 Å². The second-order valence-electron chi connectivity index (χ2n) is 2.10. The van der Waals surface area contributed by atoms with E-state index in [0.29, 0.717) is 18.0 Å². The monoisotopic (exact) mass is 190 g/mol. The summed E-state index contributed by atoms with van der Waals surface area (Å²) in [6.45, 7) is 2.15. The van der Waals surface area contributed by atoms with Gasteiger partial charge in [0.25, 0.3) is 0 Å². The molecule has 4 N–H and O–H groups in total. The van der Waals surface area contributed by atoms with Crippen LogP contribution in [0.3, 0.4) is 0 Å². The number of halogens is 1. The Morgan fingerprint density at radius 1 is 1.75 bits per heavy atom. The average Bonchev–Trinajstić information content (AvgIpc) is 2.36. The van der Waals surface area contributed by atoms with Gasteiger partial charge in [0.1, 0.15) is 0 Å². The molecule has 68 valence electrons. The van der Waals surface area contributed by atoms with Crippen LogP contribution in [0.15, 0.2) is 12.3 Å². The second-order valence-corrected chi connectivity index (χ2v) is 2.10. The second kappa shape index (κ2) is 4.79. The van der Waals surface area contributed by atoms with Crippen molar-refractivity contribution in [2.75, 3.05) is 6.61 Å². The molecular weight excluding hydrogens is 180 g/mol. The molecule has 0 saturated carbocycles. The topological polar surface area (TPSA) is 69.7 Å². The molecule has 12 heavy (non-hydrogen) atoms. The number of esters is 1. The van der Waals surface area contributed by atoms with Gasteiger partial charge in [-0.15, -0.1) is 0 Å². The number of ether oxygens (including phenoxy) is 1. The van der Waals surface area contributed by atoms with Crippen molar-refractivity contribution < 1.29 is 27.7 Å². The highest BCUT2D eigenvalue weighted by molar-refractivity contribution is 5.91. The molecule has 0 atom stereocenters. The highest BCUT2D eigenvalue weighted by Gasteiger charge is 2.13. The maximum Gasteiger partial charge on any atom is 0.360 e. The van der Waals surface area contributed by atoms with Crippen molar-refractivity contribution >= 4 is 11.7 Å². The first-order chi connectivity index (χ1) is 5.25. The summed E-state index contributed by atoms with van der Waals surface area (Å²) < 4.78 is 4.76. The van der Waals surface area contributed by atoms with Gasteiger partial charge in [0, 0.05) is 12.3 Å². The van der Waals surface area contributed by atoms with Crippen LogP contribution in [0.25, 0.3) is 0 Å². The molecule has 1 rings (SSSR count). The SMILES string of the molecule is CCOC(=O)c1[nH]ccc1[NH3+].[Cl-]. The molecule has 1 aromatic rings. The van der Waals surface area contributed by atoms with E-state index in [-0.39, 0.29) is 18.4 Å². The Hall–Kier alpha value is -1.00. The van der Waals surface area contributed by atoms with Crippen LogP contribution in [0.1, 0.15) is 17.4 Å². The number of hydrogen-bond donors (Lipinski definition) is 2. The number of aromatic amines is 1. The van der Waals surface area contributed by atoms with Gasteiger partial charge in [0.15, 0.2) is 11.4 Å². The van der Waals surface area contributed by atoms with Crippen LogP contribution < -0.4 is 18.1 Å². The zero-order valence-electron chi connectivity index (χ0n) is 6.76. The largest absolute Gasteiger partial charge is 1.00 e. The van der Waals surface area contributed by atoms with Crippen LogP contribution in [-0.2, 0) is 4.74 Å². The van der Waals surface area contributed by atoms with Crippen molar-refractivity contribution in [3.63, 3.8) is 0 Å². The van der Waals surface area contributed by atoms with Gasteiger partial charge < -0.3 is 27.9 Å². The Morgan fingerprint density at radius 3 is 2.83 bits per heavy atom. The van der Waals surface area contributed by atoms with Gasteiger partial charge in [-0.3, -0.25) is 0 Å². The van der Waals surface area contributed by atoms with Crippen molar-refractivity contribution in [2.45, 2.75) is 6.92 Å². The molecule has 0 aromatic carbocycles. The van der Waals surface area contributed by atoms with Gasteiger partial charge >= 0.3 is 5.97 Å². The minimum Gasteiger partial charge on any atom is -1.00 e. The molecule has 0 saturated heterocycles. The van der Waals surface area contributed by atoms with Crippen molar-refractivity contribution in [3.05, 3.63) is 18.0 Å². The van der Waals surface area contributed by atoms with Crippen LogP contribution >= 0.6 is 0 Å². The maximum atomic E-state index is 11.0. The lowest BCUT2D eigenvalue weighted by Gasteiger charge is -1.97. The fourth-order valence-electron chi connectivity index (χ4n) is 0.795. The standard InChI is InChI=1S/C7H10N2O2.ClH/c1-2-11-7(10)6-5(8)3-4-9-6;/h3-4,9H,2,8H2,1H3;1H. The molecule has 0 amide bonds. The van der Waals surface area contributed by atoms with Crippen molar-refractivity contribution in [3.8, 4) is 0 Å². The van der Waals surface area contributed by atoms with Crippen LogP contribution in [0.2, 0.25) is 0 Å². The molecule has 4 nitrogen and oxygen atoms in total. The highest BCUT2D eigenvalue weighted by atomic mass is 35.5. The van der Waals surface area contributed by atoms with Crippen molar-refractivity contribution in [1.82, 2.24) is 4.98 Å². The molecule has 0 unspecified atom stereocenters. The van der Waals surface area contributed by atoms with Gasteiger partial charge in [0.05, 0.1) is 6.61 Å². The Balaban J connectivity index is 0.00000121. The first kappa shape index (κ1) is 11.0. The normalized spacial score (nSPS) is 8.83. The van der Waals surface area contributed by atoms with E-state index in [2.05, 4.69) is 10.7 Å². The molecule has 0 aliphatic heterocycles. The molecule has 0 fully saturated rings. The van der Waals surface area contributed by atoms with E-state index in [1.54, 1.807) is 19.2 Å². The lowest BCUT2D eigenvalue weighted by Crippen LogP contribution is -3.00. The molecule has 1 heterocycles. The first-order valence-corrected chi connectivity index (χ1v) is 3.42. The Kier molecular flexibility index (Phi) is 4.39. The molecule has 0 aliphatic carbocycles. The number of carbonyl (C=O) groups excluding carboxylic acids is 1. The quantitative estimate of drug-likeness (QED) is 0.491. The maximum absolute atomic E-state index is 11.0. The lowest BCUT2D eigenvalue weighted by molar-refractivity contribution is -0.255. The van der Waals surface area contributed by atoms with E-state index in [1.807, 2.05) is 0 Å². The number of carbonyl (C=O) groups is 1. The summed E-state index contributed by atoms with van der Waals surface area (Å²) in [5.41, 5.74) is 4.76. The van der Waals surface area contributed by atoms with Crippen molar-refractivity contribution in [2.24, 2.45) is 0 Å². The lowest BCUT2D eigenvalue weighted by atomic mass is 10.4. The summed E-state index contributed by atoms with van der Waals surface area (Å²) in [7, 11) is 0. The Labute approximate surface area is 76.5 Å². The minimum absolute atomic E-state index is 0. The summed E-state index contributed by atoms with van der Waals surface area (Å²) in [6.07, 6.45) is 1.66. The van der Waals surface area contributed by atoms with E-state index in [9.17, 15) is 4.79 Å². The summed E-state index contributed by atoms with van der Waals surface area (Å²) in [5, 5.41) is 0. The van der Waals surface area contributed by atoms with E-state index in [0.717, 1.165) is 0 Å². The average molecular weight is 191 g/mol. The first-order valence-electron chi connectivity index (χ1n) is 3.42. The molecular formula is C7H11ClN2O2. The number of rotatable bonds is 2. The minimum atomic E-state index is -0.345. The molecule has 1 aromatic heterocycles. The molecule has 0 radical (unpaired) electrons. The summed E-state index contributed by atoms with van der Waals surface area (Å²) in [4.78, 5) is 13.8. The molecule has 0 spiro atoms. The van der Waals surface area contributed by atoms with Gasteiger partial charge in [-0.25, -0.2) is 4.79 Å². The van der Waals surface area contributed by atoms with Crippen molar-refractivity contribution in [1.29, 1.82) is 0 Å².